The molecule has 0 spiro atoms. The van der Waals surface area contributed by atoms with Crippen molar-refractivity contribution in [2.45, 2.75) is 126 Å². The van der Waals surface area contributed by atoms with Crippen molar-refractivity contribution in [2.24, 2.45) is 10.7 Å². The number of aromatic carboxylic acids is 1. The van der Waals surface area contributed by atoms with Gasteiger partial charge in [-0.15, -0.1) is 0 Å². The summed E-state index contributed by atoms with van der Waals surface area (Å²) in [5, 5.41) is 35.3. The van der Waals surface area contributed by atoms with E-state index in [2.05, 4.69) is 70.2 Å². The third kappa shape index (κ3) is 16.8. The van der Waals surface area contributed by atoms with Crippen LogP contribution >= 0.6 is 0 Å². The van der Waals surface area contributed by atoms with E-state index < -0.39 is 109 Å². The molecule has 21 nitrogen and oxygen atoms in total. The Bertz CT molecular complexity index is 3020. The summed E-state index contributed by atoms with van der Waals surface area (Å²) in [6.45, 7) is 11.8. The number of benzene rings is 4. The Morgan fingerprint density at radius 1 is 0.835 bits per heavy atom. The number of aliphatic imine (C=N–C) groups is 1. The molecule has 0 aliphatic carbocycles. The summed E-state index contributed by atoms with van der Waals surface area (Å²) in [5.74, 6) is -6.19. The minimum atomic E-state index is -4.10. The van der Waals surface area contributed by atoms with Gasteiger partial charge in [0.2, 0.25) is 37.9 Å². The fourth-order valence-corrected chi connectivity index (χ4v) is 10.6. The maximum atomic E-state index is 14.6. The summed E-state index contributed by atoms with van der Waals surface area (Å²) < 4.78 is 34.7. The van der Waals surface area contributed by atoms with E-state index in [9.17, 15) is 52.2 Å². The van der Waals surface area contributed by atoms with Gasteiger partial charge < -0.3 is 51.9 Å². The fourth-order valence-electron chi connectivity index (χ4n) is 8.66. The van der Waals surface area contributed by atoms with E-state index in [-0.39, 0.29) is 66.3 Å². The third-order valence-electron chi connectivity index (χ3n) is 14.1. The van der Waals surface area contributed by atoms with E-state index >= 15 is 0 Å². The lowest BCUT2D eigenvalue weighted by Crippen LogP contribution is -2.59. The number of carboxylic acid groups (broad SMARTS) is 1. The van der Waals surface area contributed by atoms with Crippen LogP contribution in [0.5, 0.6) is 5.75 Å². The maximum Gasteiger partial charge on any atom is 0.336 e. The molecule has 79 heavy (non-hydrogen) atoms. The number of aliphatic hydroxyl groups excluding tert-OH is 1. The smallest absolute Gasteiger partial charge is 0.336 e. The van der Waals surface area contributed by atoms with Crippen molar-refractivity contribution >= 4 is 65.7 Å². The second kappa shape index (κ2) is 26.6. The zero-order valence-corrected chi connectivity index (χ0v) is 47.0. The molecule has 10 N–H and O–H groups in total. The number of nitrogens with one attached hydrogen (secondary N) is 6. The number of guanidine groups is 1. The molecule has 6 amide bonds. The molecule has 0 aromatic heterocycles. The highest BCUT2D eigenvalue weighted by Crippen LogP contribution is 2.37. The van der Waals surface area contributed by atoms with Crippen LogP contribution in [0.2, 0.25) is 18.1 Å². The summed E-state index contributed by atoms with van der Waals surface area (Å²) >= 11 is 0. The van der Waals surface area contributed by atoms with Crippen molar-refractivity contribution in [3.05, 3.63) is 143 Å². The largest absolute Gasteiger partial charge is 0.544 e. The predicted molar refractivity (Wildman–Crippen MR) is 299 cm³/mol. The van der Waals surface area contributed by atoms with Crippen LogP contribution in [-0.2, 0) is 46.8 Å². The molecule has 0 radical (unpaired) electrons. The van der Waals surface area contributed by atoms with Gasteiger partial charge in [-0.25, -0.2) is 17.9 Å². The van der Waals surface area contributed by atoms with Gasteiger partial charge in [0.05, 0.1) is 28.1 Å². The number of aryl methyl sites for hydroxylation is 1. The van der Waals surface area contributed by atoms with E-state index in [1.807, 2.05) is 24.3 Å². The van der Waals surface area contributed by atoms with Gasteiger partial charge >= 0.3 is 5.97 Å². The lowest BCUT2D eigenvalue weighted by atomic mass is 10.0. The Kier molecular flexibility index (Phi) is 20.3. The molecule has 2 aliphatic heterocycles. The molecule has 0 bridgehead atoms. The zero-order valence-electron chi connectivity index (χ0n) is 45.2. The lowest BCUT2D eigenvalue weighted by molar-refractivity contribution is -0.141. The molecule has 0 saturated carbocycles. The number of fused-ring (bicyclic) bond motifs is 1. The summed E-state index contributed by atoms with van der Waals surface area (Å²) in [6.07, 6.45) is 0.946. The highest BCUT2D eigenvalue weighted by molar-refractivity contribution is 7.90. The first-order valence-electron chi connectivity index (χ1n) is 26.0. The predicted octanol–water partition coefficient (Wildman–Crippen LogP) is 3.23. The average Bonchev–Trinajstić information content (AvgIpc) is 3.96. The van der Waals surface area contributed by atoms with Gasteiger partial charge in [0, 0.05) is 32.1 Å². The highest BCUT2D eigenvalue weighted by Gasteiger charge is 2.41. The molecule has 1 saturated heterocycles. The van der Waals surface area contributed by atoms with E-state index in [0.717, 1.165) is 17.2 Å². The van der Waals surface area contributed by atoms with Crippen molar-refractivity contribution < 1.29 is 56.6 Å². The van der Waals surface area contributed by atoms with E-state index in [1.165, 1.54) is 47.4 Å². The van der Waals surface area contributed by atoms with Crippen molar-refractivity contribution in [2.75, 3.05) is 19.6 Å². The van der Waals surface area contributed by atoms with Gasteiger partial charge in [0.1, 0.15) is 23.9 Å². The topological polar surface area (TPSA) is 317 Å². The standard InChI is InChI=1S/C56H71N9O12SSi/c1-35-20-27-40(28-21-35)78(75,76)64-55(57)58-30-12-18-43-48(67)52(71)62-44(33-36-14-8-7-9-15-36)50(69)60-38(32-37-22-25-39(26-23-37)77-79(5,6)56(2,3)4)24-29-47(66)59-34-45(53(72)65-31-13-19-46(65)51(70)61-43)63-49(68)41-16-10-11-17-42(41)54(73)74/h7-11,14-17,20-29,38,43-46,48,67H,12-13,18-19,30-34H2,1-6H3,(H,59,66)(H,60,69)(H,61,70)(H,62,71)(H,63,68)(H,73,74)(H3,57,58,64)/b29-24+/t38?,43?,44-,45+,46+,48?/m1/s1. The Morgan fingerprint density at radius 2 is 1.48 bits per heavy atom. The third-order valence-corrected chi connectivity index (χ3v) is 19.8. The number of aliphatic hydroxyl groups is 1. The Labute approximate surface area is 461 Å². The van der Waals surface area contributed by atoms with Crippen molar-refractivity contribution in [1.82, 2.24) is 36.2 Å². The molecule has 422 valence electrons. The molecule has 4 aromatic rings. The van der Waals surface area contributed by atoms with Crippen LogP contribution in [0.4, 0.5) is 0 Å². The molecule has 2 aliphatic rings. The summed E-state index contributed by atoms with van der Waals surface area (Å²) in [5.41, 5.74) is 7.60. The van der Waals surface area contributed by atoms with Crippen LogP contribution < -0.4 is 41.5 Å². The number of carboxylic acids is 1. The first-order valence-corrected chi connectivity index (χ1v) is 30.4. The van der Waals surface area contributed by atoms with Crippen molar-refractivity contribution in [3.8, 4) is 5.75 Å². The van der Waals surface area contributed by atoms with Gasteiger partial charge in [-0.3, -0.25) is 33.8 Å². The van der Waals surface area contributed by atoms with Crippen molar-refractivity contribution in [1.29, 1.82) is 0 Å². The highest BCUT2D eigenvalue weighted by atomic mass is 32.2. The van der Waals surface area contributed by atoms with Crippen LogP contribution in [-0.4, -0.2) is 135 Å². The Morgan fingerprint density at radius 3 is 2.14 bits per heavy atom. The Balaban J connectivity index is 1.34. The molecular weight excluding hydrogens is 1050 g/mol. The van der Waals surface area contributed by atoms with Gasteiger partial charge in [-0.1, -0.05) is 99.1 Å². The second-order valence-corrected chi connectivity index (χ2v) is 27.5. The van der Waals surface area contributed by atoms with E-state index in [0.29, 0.717) is 17.7 Å². The van der Waals surface area contributed by atoms with E-state index in [4.69, 9.17) is 10.2 Å². The molecule has 6 rings (SSSR count). The monoisotopic (exact) mass is 1120 g/mol. The fraction of sp³-hybridized carbons (Fsp3) is 0.393. The average molecular weight is 1120 g/mol. The van der Waals surface area contributed by atoms with Crippen LogP contribution in [0.25, 0.3) is 0 Å². The Hall–Kier alpha value is -7.89. The quantitative estimate of drug-likeness (QED) is 0.0358. The SMILES string of the molecule is Cc1ccc(S(=O)(=O)NC(N)=NCCCC2NC(=O)[C@@H]3CCCN3C(=O)[C@@H](NC(=O)c3ccccc3C(=O)O)CNC(=O)/C=C/C(Cc3ccc(O[Si](C)(C)C(C)(C)C)cc3)NC(=O)[C@@H](Cc3ccccc3)NC(=O)C2O)cc1. The van der Waals surface area contributed by atoms with Gasteiger partial charge in [-0.2, -0.15) is 0 Å². The van der Waals surface area contributed by atoms with Gasteiger partial charge in [-0.05, 0) is 105 Å². The maximum absolute atomic E-state index is 14.6. The molecule has 3 unspecified atom stereocenters. The second-order valence-electron chi connectivity index (χ2n) is 21.1. The zero-order chi connectivity index (χ0) is 57.7. The summed E-state index contributed by atoms with van der Waals surface area (Å²) in [4.78, 5) is 103. The minimum Gasteiger partial charge on any atom is -0.544 e. The van der Waals surface area contributed by atoms with Gasteiger partial charge in [0.15, 0.2) is 6.10 Å². The minimum absolute atomic E-state index is 0.0169. The molecule has 2 heterocycles. The molecular formula is C56H71N9O12SSi. The molecule has 1 fully saturated rings. The number of hydrogen-bond acceptors (Lipinski definition) is 12. The normalized spacial score (nSPS) is 21.6. The van der Waals surface area contributed by atoms with Gasteiger partial charge in [0.25, 0.3) is 21.8 Å². The van der Waals surface area contributed by atoms with E-state index in [1.54, 1.807) is 49.4 Å². The number of amides is 6. The number of nitrogens with two attached hydrogens (primary N) is 1. The molecule has 23 heteroatoms. The molecule has 4 aromatic carbocycles. The number of hydrogen-bond donors (Lipinski definition) is 9. The van der Waals surface area contributed by atoms with Crippen LogP contribution in [0.15, 0.2) is 125 Å². The number of nitrogens with zero attached hydrogens (tertiary/aromatic N) is 2. The number of sulfonamides is 1. The molecule has 6 atom stereocenters. The lowest BCUT2D eigenvalue weighted by Gasteiger charge is -2.36. The summed E-state index contributed by atoms with van der Waals surface area (Å²) in [7, 11) is -6.30. The summed E-state index contributed by atoms with van der Waals surface area (Å²) in [6, 6.07) is 21.1. The first kappa shape index (κ1) is 60.3. The van der Waals surface area contributed by atoms with Crippen molar-refractivity contribution in [3.63, 3.8) is 0 Å². The first-order chi connectivity index (χ1) is 37.3. The number of carbonyl (C=O) groups is 7. The number of rotatable bonds is 15. The number of carbonyl (C=O) groups excluding carboxylic acids is 6. The van der Waals surface area contributed by atoms with Crippen LogP contribution in [0.3, 0.4) is 0 Å². The van der Waals surface area contributed by atoms with Crippen LogP contribution in [0.1, 0.15) is 83.9 Å². The van der Waals surface area contributed by atoms with Crippen LogP contribution in [0, 0.1) is 6.92 Å².